The van der Waals surface area contributed by atoms with E-state index in [1.54, 1.807) is 11.3 Å². The van der Waals surface area contributed by atoms with Gasteiger partial charge in [-0.25, -0.2) is 4.98 Å². The molecule has 1 aliphatic heterocycles. The Morgan fingerprint density at radius 3 is 2.58 bits per heavy atom. The number of hydrogen-bond donors (Lipinski definition) is 1. The zero-order valence-corrected chi connectivity index (χ0v) is 14.3. The fourth-order valence-electron chi connectivity index (χ4n) is 2.32. The second-order valence-corrected chi connectivity index (χ2v) is 6.36. The molecule has 2 atom stereocenters. The highest BCUT2D eigenvalue weighted by atomic mass is 35.5. The van der Waals surface area contributed by atoms with Gasteiger partial charge >= 0.3 is 0 Å². The minimum atomic E-state index is 0. The van der Waals surface area contributed by atoms with Gasteiger partial charge in [0, 0.05) is 30.4 Å². The number of hydrogen-bond acceptors (Lipinski definition) is 4. The lowest BCUT2D eigenvalue weighted by Crippen LogP contribution is -2.29. The Balaban J connectivity index is 0.00000162. The van der Waals surface area contributed by atoms with Crippen LogP contribution in [0, 0.1) is 5.92 Å². The van der Waals surface area contributed by atoms with E-state index < -0.39 is 0 Å². The lowest BCUT2D eigenvalue weighted by Gasteiger charge is -2.16. The topological polar surface area (TPSA) is 42.2 Å². The first-order valence-electron chi connectivity index (χ1n) is 6.48. The largest absolute Gasteiger partial charge is 0.328 e. The molecule has 6 heteroatoms. The predicted octanol–water partition coefficient (Wildman–Crippen LogP) is 3.28. The number of aromatic nitrogens is 1. The Morgan fingerprint density at radius 2 is 2.11 bits per heavy atom. The first-order chi connectivity index (χ1) is 8.06. The normalized spacial score (nSPS) is 21.0. The molecule has 2 rings (SSSR count). The van der Waals surface area contributed by atoms with Gasteiger partial charge in [0.2, 0.25) is 0 Å². The number of nitrogens with two attached hydrogens (primary N) is 1. The molecule has 1 aromatic heterocycles. The van der Waals surface area contributed by atoms with Gasteiger partial charge in [-0.3, -0.25) is 4.90 Å². The summed E-state index contributed by atoms with van der Waals surface area (Å²) in [6.07, 6.45) is 1.23. The number of rotatable bonds is 4. The highest BCUT2D eigenvalue weighted by molar-refractivity contribution is 7.09. The second-order valence-electron chi connectivity index (χ2n) is 5.47. The molecule has 0 aromatic carbocycles. The molecule has 112 valence electrons. The Labute approximate surface area is 132 Å². The maximum absolute atomic E-state index is 5.96. The molecule has 1 aliphatic rings. The SMILES string of the molecule is CC(C)c1nc(CN2CCC(C(C)N)C2)cs1.Cl.Cl. The molecule has 1 saturated heterocycles. The van der Waals surface area contributed by atoms with Gasteiger partial charge in [-0.15, -0.1) is 36.2 Å². The zero-order chi connectivity index (χ0) is 12.4. The molecule has 0 saturated carbocycles. The summed E-state index contributed by atoms with van der Waals surface area (Å²) in [4.78, 5) is 7.17. The van der Waals surface area contributed by atoms with Gasteiger partial charge in [0.1, 0.15) is 0 Å². The minimum Gasteiger partial charge on any atom is -0.328 e. The molecule has 1 aromatic rings. The van der Waals surface area contributed by atoms with Crippen LogP contribution in [0.25, 0.3) is 0 Å². The van der Waals surface area contributed by atoms with Gasteiger partial charge in [-0.05, 0) is 25.8 Å². The Kier molecular flexibility index (Phi) is 8.48. The molecule has 0 spiro atoms. The van der Waals surface area contributed by atoms with Gasteiger partial charge in [0.25, 0.3) is 0 Å². The van der Waals surface area contributed by atoms with Crippen LogP contribution in [0.5, 0.6) is 0 Å². The molecular weight excluding hydrogens is 301 g/mol. The summed E-state index contributed by atoms with van der Waals surface area (Å²) in [5, 5.41) is 3.46. The molecular formula is C13H25Cl2N3S. The smallest absolute Gasteiger partial charge is 0.0954 e. The van der Waals surface area contributed by atoms with E-state index in [0.29, 0.717) is 17.9 Å². The first kappa shape index (κ1) is 19.1. The molecule has 2 heterocycles. The van der Waals surface area contributed by atoms with Gasteiger partial charge in [-0.1, -0.05) is 13.8 Å². The monoisotopic (exact) mass is 325 g/mol. The number of thiazole rings is 1. The molecule has 0 bridgehead atoms. The van der Waals surface area contributed by atoms with Gasteiger partial charge < -0.3 is 5.73 Å². The first-order valence-corrected chi connectivity index (χ1v) is 7.36. The molecule has 2 unspecified atom stereocenters. The number of likely N-dealkylation sites (tertiary alicyclic amines) is 1. The predicted molar refractivity (Wildman–Crippen MR) is 87.7 cm³/mol. The van der Waals surface area contributed by atoms with Crippen LogP contribution in [0.3, 0.4) is 0 Å². The Morgan fingerprint density at radius 1 is 1.42 bits per heavy atom. The minimum absolute atomic E-state index is 0. The van der Waals surface area contributed by atoms with Crippen LogP contribution in [0.15, 0.2) is 5.38 Å². The van der Waals surface area contributed by atoms with E-state index >= 15 is 0 Å². The van der Waals surface area contributed by atoms with E-state index in [1.807, 2.05) is 0 Å². The van der Waals surface area contributed by atoms with Gasteiger partial charge in [0.05, 0.1) is 10.7 Å². The summed E-state index contributed by atoms with van der Waals surface area (Å²) in [7, 11) is 0. The molecule has 1 fully saturated rings. The van der Waals surface area contributed by atoms with E-state index in [2.05, 4.69) is 36.0 Å². The Hall–Kier alpha value is 0.130. The molecule has 19 heavy (non-hydrogen) atoms. The summed E-state index contributed by atoms with van der Waals surface area (Å²) >= 11 is 1.79. The summed E-state index contributed by atoms with van der Waals surface area (Å²) in [6, 6.07) is 0.321. The summed E-state index contributed by atoms with van der Waals surface area (Å²) in [5.74, 6) is 1.21. The van der Waals surface area contributed by atoms with Crippen LogP contribution in [0.4, 0.5) is 0 Å². The van der Waals surface area contributed by atoms with Crippen LogP contribution in [0.2, 0.25) is 0 Å². The van der Waals surface area contributed by atoms with Crippen molar-refractivity contribution in [3.63, 3.8) is 0 Å². The number of nitrogens with zero attached hydrogens (tertiary/aromatic N) is 2. The van der Waals surface area contributed by atoms with Crippen LogP contribution in [-0.2, 0) is 6.54 Å². The van der Waals surface area contributed by atoms with Crippen molar-refractivity contribution in [2.75, 3.05) is 13.1 Å². The standard InChI is InChI=1S/C13H23N3S.2ClH/c1-9(2)13-15-12(8-17-13)7-16-5-4-11(6-16)10(3)14;;/h8-11H,4-7,14H2,1-3H3;2*1H. The van der Waals surface area contributed by atoms with Crippen LogP contribution >= 0.6 is 36.2 Å². The van der Waals surface area contributed by atoms with Crippen molar-refractivity contribution in [3.8, 4) is 0 Å². The van der Waals surface area contributed by atoms with Crippen molar-refractivity contribution in [1.82, 2.24) is 9.88 Å². The van der Waals surface area contributed by atoms with Crippen LogP contribution < -0.4 is 5.73 Å². The van der Waals surface area contributed by atoms with E-state index in [-0.39, 0.29) is 24.8 Å². The molecule has 2 N–H and O–H groups in total. The fraction of sp³-hybridized carbons (Fsp3) is 0.769. The molecule has 0 aliphatic carbocycles. The average molecular weight is 326 g/mol. The maximum Gasteiger partial charge on any atom is 0.0954 e. The zero-order valence-electron chi connectivity index (χ0n) is 11.8. The van der Waals surface area contributed by atoms with Gasteiger partial charge in [-0.2, -0.15) is 0 Å². The lowest BCUT2D eigenvalue weighted by molar-refractivity contribution is 0.305. The number of halogens is 2. The third-order valence-corrected chi connectivity index (χ3v) is 4.70. The van der Waals surface area contributed by atoms with Crippen molar-refractivity contribution >= 4 is 36.2 Å². The van der Waals surface area contributed by atoms with Crippen molar-refractivity contribution in [2.45, 2.75) is 45.7 Å². The fourth-order valence-corrected chi connectivity index (χ4v) is 3.15. The molecule has 3 nitrogen and oxygen atoms in total. The summed E-state index contributed by atoms with van der Waals surface area (Å²) in [5.41, 5.74) is 7.18. The van der Waals surface area contributed by atoms with E-state index in [0.717, 1.165) is 13.1 Å². The van der Waals surface area contributed by atoms with Crippen molar-refractivity contribution in [1.29, 1.82) is 0 Å². The maximum atomic E-state index is 5.96. The molecule has 0 radical (unpaired) electrons. The van der Waals surface area contributed by atoms with Crippen molar-refractivity contribution in [2.24, 2.45) is 11.7 Å². The molecule has 0 amide bonds. The van der Waals surface area contributed by atoms with Crippen LogP contribution in [0.1, 0.15) is 43.8 Å². The lowest BCUT2D eigenvalue weighted by atomic mass is 10.0. The van der Waals surface area contributed by atoms with E-state index in [4.69, 9.17) is 5.73 Å². The highest BCUT2D eigenvalue weighted by Gasteiger charge is 2.25. The second kappa shape index (κ2) is 8.42. The van der Waals surface area contributed by atoms with Crippen LogP contribution in [-0.4, -0.2) is 29.0 Å². The van der Waals surface area contributed by atoms with E-state index in [9.17, 15) is 0 Å². The summed E-state index contributed by atoms with van der Waals surface area (Å²) in [6.45, 7) is 9.81. The van der Waals surface area contributed by atoms with E-state index in [1.165, 1.54) is 23.7 Å². The third kappa shape index (κ3) is 5.20. The third-order valence-electron chi connectivity index (χ3n) is 3.50. The van der Waals surface area contributed by atoms with Crippen molar-refractivity contribution < 1.29 is 0 Å². The Bertz CT molecular complexity index is 369. The summed E-state index contributed by atoms with van der Waals surface area (Å²) < 4.78 is 0. The average Bonchev–Trinajstić information content (AvgIpc) is 2.87. The quantitative estimate of drug-likeness (QED) is 0.923. The van der Waals surface area contributed by atoms with Gasteiger partial charge in [0.15, 0.2) is 0 Å². The van der Waals surface area contributed by atoms with Crippen molar-refractivity contribution in [3.05, 3.63) is 16.1 Å². The highest BCUT2D eigenvalue weighted by Crippen LogP contribution is 2.23.